The van der Waals surface area contributed by atoms with E-state index in [9.17, 15) is 0 Å². The predicted molar refractivity (Wildman–Crippen MR) is 88.0 cm³/mol. The maximum atomic E-state index is 3.83. The SMILES string of the molecule is CCCNC1CCC(C)CC1CN1CCC(C)CC1C. The van der Waals surface area contributed by atoms with Crippen molar-refractivity contribution in [2.24, 2.45) is 17.8 Å². The predicted octanol–water partition coefficient (Wildman–Crippen LogP) is 3.91. The van der Waals surface area contributed by atoms with Gasteiger partial charge in [0.15, 0.2) is 0 Å². The zero-order valence-corrected chi connectivity index (χ0v) is 14.2. The largest absolute Gasteiger partial charge is 0.314 e. The van der Waals surface area contributed by atoms with Gasteiger partial charge in [-0.1, -0.05) is 20.8 Å². The molecule has 1 saturated heterocycles. The van der Waals surface area contributed by atoms with Crippen LogP contribution in [0.1, 0.15) is 66.2 Å². The minimum atomic E-state index is 0.776. The average Bonchev–Trinajstić information content (AvgIpc) is 2.41. The zero-order valence-electron chi connectivity index (χ0n) is 14.2. The number of hydrogen-bond donors (Lipinski definition) is 1. The molecule has 2 aliphatic rings. The summed E-state index contributed by atoms with van der Waals surface area (Å²) in [6.07, 6.45) is 8.31. The van der Waals surface area contributed by atoms with Crippen molar-refractivity contribution in [2.45, 2.75) is 78.3 Å². The van der Waals surface area contributed by atoms with E-state index in [0.717, 1.165) is 29.8 Å². The van der Waals surface area contributed by atoms with E-state index in [4.69, 9.17) is 0 Å². The molecule has 0 amide bonds. The van der Waals surface area contributed by atoms with Crippen LogP contribution in [-0.2, 0) is 0 Å². The second-order valence-electron chi connectivity index (χ2n) is 7.71. The molecule has 1 aliphatic carbocycles. The van der Waals surface area contributed by atoms with Crippen molar-refractivity contribution in [3.8, 4) is 0 Å². The van der Waals surface area contributed by atoms with E-state index in [1.54, 1.807) is 0 Å². The molecule has 0 spiro atoms. The Labute approximate surface area is 126 Å². The molecule has 1 saturated carbocycles. The van der Waals surface area contributed by atoms with Crippen molar-refractivity contribution >= 4 is 0 Å². The van der Waals surface area contributed by atoms with Crippen LogP contribution in [0, 0.1) is 17.8 Å². The lowest BCUT2D eigenvalue weighted by molar-refractivity contribution is 0.0793. The lowest BCUT2D eigenvalue weighted by Gasteiger charge is -2.43. The Kier molecular flexibility index (Phi) is 6.35. The second-order valence-corrected chi connectivity index (χ2v) is 7.71. The third kappa shape index (κ3) is 4.46. The molecule has 1 N–H and O–H groups in total. The van der Waals surface area contributed by atoms with Crippen molar-refractivity contribution in [1.82, 2.24) is 10.2 Å². The maximum absolute atomic E-state index is 3.83. The van der Waals surface area contributed by atoms with Crippen molar-refractivity contribution < 1.29 is 0 Å². The first-order valence-electron chi connectivity index (χ1n) is 9.07. The topological polar surface area (TPSA) is 15.3 Å². The van der Waals surface area contributed by atoms with E-state index in [0.29, 0.717) is 0 Å². The number of nitrogens with one attached hydrogen (secondary N) is 1. The molecule has 0 radical (unpaired) electrons. The van der Waals surface area contributed by atoms with Gasteiger partial charge in [0, 0.05) is 18.6 Å². The highest BCUT2D eigenvalue weighted by molar-refractivity contribution is 4.88. The smallest absolute Gasteiger partial charge is 0.0108 e. The van der Waals surface area contributed by atoms with Gasteiger partial charge in [0.1, 0.15) is 0 Å². The highest BCUT2D eigenvalue weighted by Crippen LogP contribution is 2.32. The van der Waals surface area contributed by atoms with Crippen LogP contribution in [0.4, 0.5) is 0 Å². The van der Waals surface area contributed by atoms with Crippen LogP contribution < -0.4 is 5.32 Å². The third-order valence-electron chi connectivity index (χ3n) is 5.65. The van der Waals surface area contributed by atoms with Gasteiger partial charge in [0.2, 0.25) is 0 Å². The summed E-state index contributed by atoms with van der Waals surface area (Å²) >= 11 is 0. The summed E-state index contributed by atoms with van der Waals surface area (Å²) in [5.74, 6) is 2.74. The first-order chi connectivity index (χ1) is 9.60. The normalized spacial score (nSPS) is 39.9. The minimum absolute atomic E-state index is 0.776. The van der Waals surface area contributed by atoms with E-state index in [2.05, 4.69) is 37.9 Å². The molecule has 0 aromatic heterocycles. The summed E-state index contributed by atoms with van der Waals surface area (Å²) < 4.78 is 0. The molecule has 2 rings (SSSR count). The van der Waals surface area contributed by atoms with Gasteiger partial charge >= 0.3 is 0 Å². The molecule has 0 aromatic carbocycles. The van der Waals surface area contributed by atoms with Crippen LogP contribution in [-0.4, -0.2) is 36.6 Å². The number of likely N-dealkylation sites (tertiary alicyclic amines) is 1. The summed E-state index contributed by atoms with van der Waals surface area (Å²) in [5.41, 5.74) is 0. The van der Waals surface area contributed by atoms with Crippen molar-refractivity contribution in [3.63, 3.8) is 0 Å². The Morgan fingerprint density at radius 2 is 1.75 bits per heavy atom. The Hall–Kier alpha value is -0.0800. The first-order valence-corrected chi connectivity index (χ1v) is 9.07. The molecule has 1 aliphatic heterocycles. The van der Waals surface area contributed by atoms with Crippen LogP contribution in [0.5, 0.6) is 0 Å². The van der Waals surface area contributed by atoms with Crippen LogP contribution in [0.15, 0.2) is 0 Å². The summed E-state index contributed by atoms with van der Waals surface area (Å²) in [5, 5.41) is 3.83. The molecule has 2 heteroatoms. The molecule has 1 heterocycles. The molecular formula is C18H36N2. The molecular weight excluding hydrogens is 244 g/mol. The molecule has 2 nitrogen and oxygen atoms in total. The Morgan fingerprint density at radius 1 is 1.00 bits per heavy atom. The van der Waals surface area contributed by atoms with Gasteiger partial charge in [-0.15, -0.1) is 0 Å². The monoisotopic (exact) mass is 280 g/mol. The van der Waals surface area contributed by atoms with Crippen molar-refractivity contribution in [2.75, 3.05) is 19.6 Å². The maximum Gasteiger partial charge on any atom is 0.0108 e. The van der Waals surface area contributed by atoms with Gasteiger partial charge in [0.25, 0.3) is 0 Å². The number of hydrogen-bond acceptors (Lipinski definition) is 2. The molecule has 5 unspecified atom stereocenters. The highest BCUT2D eigenvalue weighted by Gasteiger charge is 2.32. The average molecular weight is 280 g/mol. The van der Waals surface area contributed by atoms with Crippen LogP contribution in [0.3, 0.4) is 0 Å². The van der Waals surface area contributed by atoms with Crippen molar-refractivity contribution in [1.29, 1.82) is 0 Å². The fraction of sp³-hybridized carbons (Fsp3) is 1.00. The third-order valence-corrected chi connectivity index (χ3v) is 5.65. The number of nitrogens with zero attached hydrogens (tertiary/aromatic N) is 1. The molecule has 0 aromatic rings. The fourth-order valence-corrected chi connectivity index (χ4v) is 4.33. The fourth-order valence-electron chi connectivity index (χ4n) is 4.33. The lowest BCUT2D eigenvalue weighted by Crippen LogP contribution is -2.49. The summed E-state index contributed by atoms with van der Waals surface area (Å²) in [6, 6.07) is 1.57. The van der Waals surface area contributed by atoms with E-state index >= 15 is 0 Å². The second kappa shape index (κ2) is 7.79. The van der Waals surface area contributed by atoms with E-state index in [1.165, 1.54) is 58.2 Å². The first kappa shape index (κ1) is 16.3. The number of rotatable bonds is 5. The molecule has 118 valence electrons. The minimum Gasteiger partial charge on any atom is -0.314 e. The summed E-state index contributed by atoms with van der Waals surface area (Å²) in [6.45, 7) is 13.4. The van der Waals surface area contributed by atoms with Crippen molar-refractivity contribution in [3.05, 3.63) is 0 Å². The Morgan fingerprint density at radius 3 is 2.45 bits per heavy atom. The van der Waals surface area contributed by atoms with E-state index < -0.39 is 0 Å². The van der Waals surface area contributed by atoms with Gasteiger partial charge in [0.05, 0.1) is 0 Å². The molecule has 5 atom stereocenters. The van der Waals surface area contributed by atoms with Gasteiger partial charge in [-0.3, -0.25) is 0 Å². The van der Waals surface area contributed by atoms with Crippen LogP contribution in [0.25, 0.3) is 0 Å². The Bertz CT molecular complexity index is 275. The van der Waals surface area contributed by atoms with Crippen LogP contribution in [0.2, 0.25) is 0 Å². The summed E-state index contributed by atoms with van der Waals surface area (Å²) in [7, 11) is 0. The number of piperidine rings is 1. The molecule has 0 bridgehead atoms. The van der Waals surface area contributed by atoms with E-state index in [-0.39, 0.29) is 0 Å². The molecule has 2 fully saturated rings. The lowest BCUT2D eigenvalue weighted by atomic mass is 9.78. The van der Waals surface area contributed by atoms with Gasteiger partial charge in [-0.25, -0.2) is 0 Å². The molecule has 20 heavy (non-hydrogen) atoms. The van der Waals surface area contributed by atoms with Gasteiger partial charge in [-0.2, -0.15) is 0 Å². The zero-order chi connectivity index (χ0) is 14.5. The Balaban J connectivity index is 1.89. The standard InChI is InChI=1S/C18H36N2/c1-5-9-19-18-7-6-14(2)12-17(18)13-20-10-8-15(3)11-16(20)4/h14-19H,5-13H2,1-4H3. The van der Waals surface area contributed by atoms with Gasteiger partial charge in [-0.05, 0) is 76.3 Å². The quantitative estimate of drug-likeness (QED) is 0.821. The highest BCUT2D eigenvalue weighted by atomic mass is 15.2. The van der Waals surface area contributed by atoms with Gasteiger partial charge < -0.3 is 10.2 Å². The summed E-state index contributed by atoms with van der Waals surface area (Å²) in [4.78, 5) is 2.78. The van der Waals surface area contributed by atoms with Crippen LogP contribution >= 0.6 is 0 Å². The van der Waals surface area contributed by atoms with E-state index in [1.807, 2.05) is 0 Å².